The monoisotopic (exact) mass is 292 g/mol. The number of benzene rings is 1. The van der Waals surface area contributed by atoms with Gasteiger partial charge in [0.2, 0.25) is 11.8 Å². The van der Waals surface area contributed by atoms with Crippen molar-refractivity contribution in [3.8, 4) is 0 Å². The van der Waals surface area contributed by atoms with E-state index in [-0.39, 0.29) is 18.4 Å². The molecule has 0 bridgehead atoms. The molecule has 0 radical (unpaired) electrons. The lowest BCUT2D eigenvalue weighted by atomic mass is 10.2. The molecule has 1 aromatic carbocycles. The molecule has 1 aliphatic heterocycles. The summed E-state index contributed by atoms with van der Waals surface area (Å²) in [6.07, 6.45) is 5.21. The van der Waals surface area contributed by atoms with Crippen LogP contribution in [0.5, 0.6) is 0 Å². The highest BCUT2D eigenvalue weighted by atomic mass is 35.5. The number of amides is 2. The van der Waals surface area contributed by atoms with Crippen LogP contribution in [0.2, 0.25) is 5.02 Å². The predicted molar refractivity (Wildman–Crippen MR) is 79.3 cm³/mol. The maximum atomic E-state index is 11.7. The fourth-order valence-corrected chi connectivity index (χ4v) is 2.17. The second kappa shape index (κ2) is 7.10. The van der Waals surface area contributed by atoms with Crippen molar-refractivity contribution in [2.75, 3.05) is 19.6 Å². The van der Waals surface area contributed by atoms with Gasteiger partial charge in [0.15, 0.2) is 0 Å². The van der Waals surface area contributed by atoms with Crippen LogP contribution in [0.4, 0.5) is 0 Å². The Labute approximate surface area is 123 Å². The van der Waals surface area contributed by atoms with E-state index < -0.39 is 0 Å². The lowest BCUT2D eigenvalue weighted by molar-refractivity contribution is -0.131. The summed E-state index contributed by atoms with van der Waals surface area (Å²) in [4.78, 5) is 25.1. The molecule has 0 aromatic heterocycles. The Morgan fingerprint density at radius 1 is 1.20 bits per heavy atom. The molecule has 0 spiro atoms. The first-order chi connectivity index (χ1) is 9.65. The van der Waals surface area contributed by atoms with Gasteiger partial charge in [-0.05, 0) is 36.6 Å². The third-order valence-electron chi connectivity index (χ3n) is 3.17. The van der Waals surface area contributed by atoms with E-state index in [4.69, 9.17) is 11.6 Å². The minimum atomic E-state index is -0.271. The van der Waals surface area contributed by atoms with Crippen molar-refractivity contribution in [2.24, 2.45) is 0 Å². The van der Waals surface area contributed by atoms with Crippen molar-refractivity contribution in [3.05, 3.63) is 40.9 Å². The van der Waals surface area contributed by atoms with Crippen LogP contribution in [0.3, 0.4) is 0 Å². The van der Waals surface area contributed by atoms with Crippen molar-refractivity contribution < 1.29 is 9.59 Å². The molecule has 20 heavy (non-hydrogen) atoms. The standard InChI is InChI=1S/C15H17ClN2O2/c16-13-6-3-12(4-7-13)5-8-14(19)17-11-15(20)18-9-1-2-10-18/h3-8H,1-2,9-11H2,(H,17,19). The van der Waals surface area contributed by atoms with Crippen LogP contribution in [0.1, 0.15) is 18.4 Å². The Kier molecular flexibility index (Phi) is 5.18. The van der Waals surface area contributed by atoms with E-state index in [2.05, 4.69) is 5.32 Å². The zero-order valence-corrected chi connectivity index (χ0v) is 11.9. The van der Waals surface area contributed by atoms with Crippen molar-refractivity contribution in [1.29, 1.82) is 0 Å². The van der Waals surface area contributed by atoms with Gasteiger partial charge in [-0.3, -0.25) is 9.59 Å². The second-order valence-electron chi connectivity index (χ2n) is 4.69. The van der Waals surface area contributed by atoms with Crippen molar-refractivity contribution in [3.63, 3.8) is 0 Å². The average molecular weight is 293 g/mol. The van der Waals surface area contributed by atoms with Gasteiger partial charge in [-0.1, -0.05) is 23.7 Å². The molecule has 2 rings (SSSR count). The fourth-order valence-electron chi connectivity index (χ4n) is 2.05. The summed E-state index contributed by atoms with van der Waals surface area (Å²) < 4.78 is 0. The summed E-state index contributed by atoms with van der Waals surface area (Å²) in [6, 6.07) is 7.16. The number of carbonyl (C=O) groups is 2. The Bertz CT molecular complexity index is 505. The van der Waals surface area contributed by atoms with Crippen molar-refractivity contribution in [2.45, 2.75) is 12.8 Å². The fraction of sp³-hybridized carbons (Fsp3) is 0.333. The van der Waals surface area contributed by atoms with E-state index in [0.717, 1.165) is 31.5 Å². The van der Waals surface area contributed by atoms with Gasteiger partial charge in [0.25, 0.3) is 0 Å². The zero-order valence-electron chi connectivity index (χ0n) is 11.1. The van der Waals surface area contributed by atoms with E-state index in [0.29, 0.717) is 5.02 Å². The molecule has 1 N–H and O–H groups in total. The van der Waals surface area contributed by atoms with E-state index >= 15 is 0 Å². The molecule has 1 aromatic rings. The van der Waals surface area contributed by atoms with E-state index in [1.807, 2.05) is 12.1 Å². The molecule has 5 heteroatoms. The van der Waals surface area contributed by atoms with Gasteiger partial charge in [0, 0.05) is 24.2 Å². The Balaban J connectivity index is 1.77. The number of likely N-dealkylation sites (tertiary alicyclic amines) is 1. The quantitative estimate of drug-likeness (QED) is 0.864. The largest absolute Gasteiger partial charge is 0.343 e. The molecule has 1 aliphatic rings. The normalized spacial score (nSPS) is 14.8. The number of halogens is 1. The molecule has 4 nitrogen and oxygen atoms in total. The van der Waals surface area contributed by atoms with Gasteiger partial charge in [0.05, 0.1) is 6.54 Å². The van der Waals surface area contributed by atoms with Gasteiger partial charge in [0.1, 0.15) is 0 Å². The molecule has 0 atom stereocenters. The molecule has 0 saturated carbocycles. The summed E-state index contributed by atoms with van der Waals surface area (Å²) in [6.45, 7) is 1.66. The maximum Gasteiger partial charge on any atom is 0.244 e. The number of nitrogens with one attached hydrogen (secondary N) is 1. The number of hydrogen-bond acceptors (Lipinski definition) is 2. The third-order valence-corrected chi connectivity index (χ3v) is 3.42. The maximum absolute atomic E-state index is 11.7. The smallest absolute Gasteiger partial charge is 0.244 e. The number of nitrogens with zero attached hydrogens (tertiary/aromatic N) is 1. The van der Waals surface area contributed by atoms with Crippen molar-refractivity contribution >= 4 is 29.5 Å². The highest BCUT2D eigenvalue weighted by molar-refractivity contribution is 6.30. The van der Waals surface area contributed by atoms with Gasteiger partial charge in [-0.25, -0.2) is 0 Å². The van der Waals surface area contributed by atoms with Crippen LogP contribution < -0.4 is 5.32 Å². The summed E-state index contributed by atoms with van der Waals surface area (Å²) in [5.74, 6) is -0.289. The van der Waals surface area contributed by atoms with E-state index in [1.54, 1.807) is 23.1 Å². The predicted octanol–water partition coefficient (Wildman–Crippen LogP) is 2.09. The topological polar surface area (TPSA) is 49.4 Å². The lowest BCUT2D eigenvalue weighted by Crippen LogP contribution is -2.38. The summed E-state index contributed by atoms with van der Waals surface area (Å²) in [5.41, 5.74) is 0.885. The van der Waals surface area contributed by atoms with Crippen LogP contribution in [-0.2, 0) is 9.59 Å². The van der Waals surface area contributed by atoms with Crippen LogP contribution in [-0.4, -0.2) is 36.3 Å². The SMILES string of the molecule is O=C(C=Cc1ccc(Cl)cc1)NCC(=O)N1CCCC1. The van der Waals surface area contributed by atoms with Crippen LogP contribution in [0.15, 0.2) is 30.3 Å². The van der Waals surface area contributed by atoms with E-state index in [1.165, 1.54) is 6.08 Å². The van der Waals surface area contributed by atoms with Gasteiger partial charge in [-0.2, -0.15) is 0 Å². The number of carbonyl (C=O) groups excluding carboxylic acids is 2. The Morgan fingerprint density at radius 3 is 2.50 bits per heavy atom. The Morgan fingerprint density at radius 2 is 1.85 bits per heavy atom. The van der Waals surface area contributed by atoms with Gasteiger partial charge < -0.3 is 10.2 Å². The molecular weight excluding hydrogens is 276 g/mol. The first-order valence-corrected chi connectivity index (χ1v) is 7.02. The van der Waals surface area contributed by atoms with Crippen LogP contribution >= 0.6 is 11.6 Å². The second-order valence-corrected chi connectivity index (χ2v) is 5.13. The molecule has 1 fully saturated rings. The molecule has 106 valence electrons. The Hall–Kier alpha value is -1.81. The minimum Gasteiger partial charge on any atom is -0.343 e. The molecule has 2 amide bonds. The van der Waals surface area contributed by atoms with Gasteiger partial charge >= 0.3 is 0 Å². The highest BCUT2D eigenvalue weighted by Crippen LogP contribution is 2.10. The van der Waals surface area contributed by atoms with E-state index in [9.17, 15) is 9.59 Å². The number of hydrogen-bond donors (Lipinski definition) is 1. The summed E-state index contributed by atoms with van der Waals surface area (Å²) in [7, 11) is 0. The molecule has 1 heterocycles. The first kappa shape index (κ1) is 14.6. The highest BCUT2D eigenvalue weighted by Gasteiger charge is 2.17. The zero-order chi connectivity index (χ0) is 14.4. The summed E-state index contributed by atoms with van der Waals surface area (Å²) >= 11 is 5.78. The molecular formula is C15H17ClN2O2. The van der Waals surface area contributed by atoms with Crippen molar-refractivity contribution in [1.82, 2.24) is 10.2 Å². The van der Waals surface area contributed by atoms with Crippen LogP contribution in [0, 0.1) is 0 Å². The molecule has 0 unspecified atom stereocenters. The minimum absolute atomic E-state index is 0.0178. The average Bonchev–Trinajstić information content (AvgIpc) is 2.98. The summed E-state index contributed by atoms with van der Waals surface area (Å²) in [5, 5.41) is 3.25. The first-order valence-electron chi connectivity index (χ1n) is 6.64. The lowest BCUT2D eigenvalue weighted by Gasteiger charge is -2.14. The number of rotatable bonds is 4. The molecule has 0 aliphatic carbocycles. The van der Waals surface area contributed by atoms with Gasteiger partial charge in [-0.15, -0.1) is 0 Å². The molecule has 1 saturated heterocycles. The third kappa shape index (κ3) is 4.38. The van der Waals surface area contributed by atoms with Crippen LogP contribution in [0.25, 0.3) is 6.08 Å².